The minimum absolute atomic E-state index is 0.132. The average molecular weight is 261 g/mol. The fraction of sp³-hybridized carbons (Fsp3) is 0.250. The predicted molar refractivity (Wildman–Crippen MR) is 72.8 cm³/mol. The maximum absolute atomic E-state index is 13.1. The summed E-state index contributed by atoms with van der Waals surface area (Å²) < 4.78 is 26.1. The van der Waals surface area contributed by atoms with Gasteiger partial charge in [-0.1, -0.05) is 24.3 Å². The van der Waals surface area contributed by atoms with Crippen LogP contribution in [0.15, 0.2) is 42.5 Å². The first-order valence-corrected chi connectivity index (χ1v) is 6.30. The first-order valence-electron chi connectivity index (χ1n) is 6.30. The molecule has 0 spiro atoms. The number of halogens is 2. The van der Waals surface area contributed by atoms with Crippen molar-refractivity contribution in [1.82, 2.24) is 5.32 Å². The maximum Gasteiger partial charge on any atom is 0.126 e. The van der Waals surface area contributed by atoms with Crippen molar-refractivity contribution in [2.24, 2.45) is 0 Å². The molecule has 1 N–H and O–H groups in total. The molecule has 0 saturated heterocycles. The number of aryl methyl sites for hydroxylation is 1. The molecule has 0 aliphatic rings. The van der Waals surface area contributed by atoms with Crippen LogP contribution in [-0.2, 0) is 6.54 Å². The maximum atomic E-state index is 13.1. The van der Waals surface area contributed by atoms with Gasteiger partial charge in [-0.25, -0.2) is 8.78 Å². The van der Waals surface area contributed by atoms with E-state index in [9.17, 15) is 8.78 Å². The van der Waals surface area contributed by atoms with E-state index in [4.69, 9.17) is 0 Å². The summed E-state index contributed by atoms with van der Waals surface area (Å²) in [5.74, 6) is -1.08. The lowest BCUT2D eigenvalue weighted by Crippen LogP contribution is -2.19. The molecule has 0 aromatic heterocycles. The molecule has 0 aliphatic carbocycles. The third-order valence-corrected chi connectivity index (χ3v) is 3.19. The van der Waals surface area contributed by atoms with Crippen molar-refractivity contribution in [3.8, 4) is 0 Å². The SMILES string of the molecule is Cc1ccccc1[C@H](C)NCc1cc(F)cc(F)c1. The van der Waals surface area contributed by atoms with E-state index in [2.05, 4.69) is 24.4 Å². The normalized spacial score (nSPS) is 12.4. The van der Waals surface area contributed by atoms with E-state index >= 15 is 0 Å². The molecule has 3 heteroatoms. The monoisotopic (exact) mass is 261 g/mol. The molecule has 0 amide bonds. The van der Waals surface area contributed by atoms with Crippen LogP contribution in [0.4, 0.5) is 8.78 Å². The van der Waals surface area contributed by atoms with Crippen LogP contribution in [0.2, 0.25) is 0 Å². The first-order chi connectivity index (χ1) is 9.06. The molecule has 0 unspecified atom stereocenters. The summed E-state index contributed by atoms with van der Waals surface area (Å²) in [4.78, 5) is 0. The second kappa shape index (κ2) is 5.93. The van der Waals surface area contributed by atoms with Crippen LogP contribution in [0.3, 0.4) is 0 Å². The van der Waals surface area contributed by atoms with Gasteiger partial charge >= 0.3 is 0 Å². The summed E-state index contributed by atoms with van der Waals surface area (Å²) in [7, 11) is 0. The minimum atomic E-state index is -0.541. The second-order valence-corrected chi connectivity index (χ2v) is 4.74. The van der Waals surface area contributed by atoms with E-state index in [1.54, 1.807) is 0 Å². The van der Waals surface area contributed by atoms with Crippen molar-refractivity contribution < 1.29 is 8.78 Å². The molecular weight excluding hydrogens is 244 g/mol. The van der Waals surface area contributed by atoms with E-state index in [1.807, 2.05) is 19.1 Å². The van der Waals surface area contributed by atoms with Crippen LogP contribution >= 0.6 is 0 Å². The molecule has 2 aromatic carbocycles. The lowest BCUT2D eigenvalue weighted by Gasteiger charge is -2.16. The van der Waals surface area contributed by atoms with Crippen molar-refractivity contribution in [1.29, 1.82) is 0 Å². The summed E-state index contributed by atoms with van der Waals surface area (Å²) >= 11 is 0. The predicted octanol–water partition coefficient (Wildman–Crippen LogP) is 4.12. The molecule has 2 rings (SSSR count). The third-order valence-electron chi connectivity index (χ3n) is 3.19. The molecule has 0 aliphatic heterocycles. The largest absolute Gasteiger partial charge is 0.306 e. The summed E-state index contributed by atoms with van der Waals surface area (Å²) in [6.45, 7) is 4.53. The number of hydrogen-bond acceptors (Lipinski definition) is 1. The topological polar surface area (TPSA) is 12.0 Å². The van der Waals surface area contributed by atoms with Gasteiger partial charge in [-0.2, -0.15) is 0 Å². The summed E-state index contributed by atoms with van der Waals surface area (Å²) in [6, 6.07) is 11.8. The molecule has 19 heavy (non-hydrogen) atoms. The van der Waals surface area contributed by atoms with Crippen LogP contribution in [-0.4, -0.2) is 0 Å². The highest BCUT2D eigenvalue weighted by Crippen LogP contribution is 2.17. The molecule has 1 nitrogen and oxygen atoms in total. The molecule has 0 radical (unpaired) electrons. The molecular formula is C16H17F2N. The zero-order valence-electron chi connectivity index (χ0n) is 11.1. The van der Waals surface area contributed by atoms with E-state index in [1.165, 1.54) is 23.3 Å². The quantitative estimate of drug-likeness (QED) is 0.872. The van der Waals surface area contributed by atoms with Crippen LogP contribution in [0, 0.1) is 18.6 Å². The highest BCUT2D eigenvalue weighted by molar-refractivity contribution is 5.28. The van der Waals surface area contributed by atoms with Gasteiger partial charge in [-0.15, -0.1) is 0 Å². The highest BCUT2D eigenvalue weighted by Gasteiger charge is 2.08. The fourth-order valence-corrected chi connectivity index (χ4v) is 2.17. The van der Waals surface area contributed by atoms with Crippen molar-refractivity contribution in [2.75, 3.05) is 0 Å². The minimum Gasteiger partial charge on any atom is -0.306 e. The van der Waals surface area contributed by atoms with E-state index < -0.39 is 11.6 Å². The standard InChI is InChI=1S/C16H17F2N/c1-11-5-3-4-6-16(11)12(2)19-10-13-7-14(17)9-15(18)8-13/h3-9,12,19H,10H2,1-2H3/t12-/m0/s1. The smallest absolute Gasteiger partial charge is 0.126 e. The summed E-state index contributed by atoms with van der Waals surface area (Å²) in [5.41, 5.74) is 3.00. The lowest BCUT2D eigenvalue weighted by molar-refractivity contribution is 0.553. The Balaban J connectivity index is 2.04. The van der Waals surface area contributed by atoms with Gasteiger partial charge in [0.15, 0.2) is 0 Å². The zero-order valence-corrected chi connectivity index (χ0v) is 11.1. The van der Waals surface area contributed by atoms with Gasteiger partial charge in [-0.05, 0) is 42.7 Å². The lowest BCUT2D eigenvalue weighted by atomic mass is 10.0. The Labute approximate surface area is 112 Å². The molecule has 0 saturated carbocycles. The van der Waals surface area contributed by atoms with Crippen LogP contribution in [0.1, 0.15) is 29.7 Å². The number of benzene rings is 2. The van der Waals surface area contributed by atoms with Gasteiger partial charge < -0.3 is 5.32 Å². The highest BCUT2D eigenvalue weighted by atomic mass is 19.1. The Kier molecular flexibility index (Phi) is 4.27. The molecule has 100 valence electrons. The van der Waals surface area contributed by atoms with Crippen LogP contribution in [0.25, 0.3) is 0 Å². The second-order valence-electron chi connectivity index (χ2n) is 4.74. The number of hydrogen-bond donors (Lipinski definition) is 1. The Morgan fingerprint density at radius 1 is 1.05 bits per heavy atom. The molecule has 0 heterocycles. The van der Waals surface area contributed by atoms with Crippen molar-refractivity contribution in [2.45, 2.75) is 26.4 Å². The fourth-order valence-electron chi connectivity index (χ4n) is 2.17. The van der Waals surface area contributed by atoms with E-state index in [0.717, 1.165) is 6.07 Å². The number of nitrogens with one attached hydrogen (secondary N) is 1. The molecule has 2 aromatic rings. The first kappa shape index (κ1) is 13.7. The van der Waals surface area contributed by atoms with Gasteiger partial charge in [0.2, 0.25) is 0 Å². The molecule has 0 fully saturated rings. The van der Waals surface area contributed by atoms with E-state index in [-0.39, 0.29) is 6.04 Å². The molecule has 1 atom stereocenters. The Morgan fingerprint density at radius 2 is 1.68 bits per heavy atom. The Hall–Kier alpha value is -1.74. The number of rotatable bonds is 4. The van der Waals surface area contributed by atoms with Gasteiger partial charge in [-0.3, -0.25) is 0 Å². The van der Waals surface area contributed by atoms with Crippen molar-refractivity contribution >= 4 is 0 Å². The molecule has 0 bridgehead atoms. The average Bonchev–Trinajstić information content (AvgIpc) is 2.35. The van der Waals surface area contributed by atoms with Gasteiger partial charge in [0.05, 0.1) is 0 Å². The van der Waals surface area contributed by atoms with Crippen LogP contribution < -0.4 is 5.32 Å². The third kappa shape index (κ3) is 3.61. The van der Waals surface area contributed by atoms with Gasteiger partial charge in [0, 0.05) is 18.7 Å². The van der Waals surface area contributed by atoms with Gasteiger partial charge in [0.25, 0.3) is 0 Å². The van der Waals surface area contributed by atoms with Crippen molar-refractivity contribution in [3.05, 3.63) is 70.8 Å². The van der Waals surface area contributed by atoms with Gasteiger partial charge in [0.1, 0.15) is 11.6 Å². The Bertz CT molecular complexity index is 546. The zero-order chi connectivity index (χ0) is 13.8. The van der Waals surface area contributed by atoms with Crippen molar-refractivity contribution in [3.63, 3.8) is 0 Å². The van der Waals surface area contributed by atoms with Crippen LogP contribution in [0.5, 0.6) is 0 Å². The van der Waals surface area contributed by atoms with E-state index in [0.29, 0.717) is 12.1 Å². The summed E-state index contributed by atoms with van der Waals surface area (Å²) in [5, 5.41) is 3.28. The summed E-state index contributed by atoms with van der Waals surface area (Å²) in [6.07, 6.45) is 0. The Morgan fingerprint density at radius 3 is 2.32 bits per heavy atom.